The molecular weight excluding hydrogens is 331 g/mol. The van der Waals surface area contributed by atoms with E-state index in [9.17, 15) is 4.79 Å². The molecule has 0 saturated carbocycles. The summed E-state index contributed by atoms with van der Waals surface area (Å²) >= 11 is 12.2. The number of hydrogen-bond acceptors (Lipinski definition) is 2. The van der Waals surface area contributed by atoms with Crippen molar-refractivity contribution in [3.63, 3.8) is 0 Å². The van der Waals surface area contributed by atoms with Crippen molar-refractivity contribution in [2.45, 2.75) is 32.2 Å². The number of carbonyl (C=O) groups excluding carboxylic acids is 1. The van der Waals surface area contributed by atoms with Crippen LogP contribution < -0.4 is 11.1 Å². The van der Waals surface area contributed by atoms with Gasteiger partial charge >= 0.3 is 0 Å². The Balaban J connectivity index is 2.10. The fraction of sp³-hybridized carbons (Fsp3) is 0.278. The summed E-state index contributed by atoms with van der Waals surface area (Å²) in [6, 6.07) is 12.5. The van der Waals surface area contributed by atoms with Crippen LogP contribution in [0.1, 0.15) is 26.2 Å². The van der Waals surface area contributed by atoms with E-state index in [0.29, 0.717) is 22.2 Å². The molecule has 2 rings (SSSR count). The molecule has 0 aromatic heterocycles. The van der Waals surface area contributed by atoms with Crippen LogP contribution >= 0.6 is 23.2 Å². The molecule has 0 fully saturated rings. The highest BCUT2D eigenvalue weighted by Crippen LogP contribution is 2.29. The van der Waals surface area contributed by atoms with E-state index in [1.54, 1.807) is 6.07 Å². The SMILES string of the molecule is CCCCC(N)C(=O)Nc1ccc(-c2ccc(Cl)cc2)cc1Cl. The maximum atomic E-state index is 12.1. The Bertz CT molecular complexity index is 671. The summed E-state index contributed by atoms with van der Waals surface area (Å²) < 4.78 is 0. The van der Waals surface area contributed by atoms with Crippen LogP contribution in [0.25, 0.3) is 11.1 Å². The van der Waals surface area contributed by atoms with Gasteiger partial charge in [-0.25, -0.2) is 0 Å². The minimum Gasteiger partial charge on any atom is -0.323 e. The van der Waals surface area contributed by atoms with Gasteiger partial charge in [0.2, 0.25) is 5.91 Å². The molecule has 0 spiro atoms. The van der Waals surface area contributed by atoms with Crippen LogP contribution in [0, 0.1) is 0 Å². The molecule has 3 N–H and O–H groups in total. The Labute approximate surface area is 146 Å². The number of benzene rings is 2. The van der Waals surface area contributed by atoms with Crippen LogP contribution in [0.3, 0.4) is 0 Å². The number of carbonyl (C=O) groups is 1. The third-order valence-electron chi connectivity index (χ3n) is 3.61. The van der Waals surface area contributed by atoms with E-state index in [0.717, 1.165) is 24.0 Å². The highest BCUT2D eigenvalue weighted by atomic mass is 35.5. The second-order valence-corrected chi connectivity index (χ2v) is 6.28. The minimum absolute atomic E-state index is 0.209. The monoisotopic (exact) mass is 350 g/mol. The molecule has 0 aliphatic rings. The van der Waals surface area contributed by atoms with Crippen molar-refractivity contribution >= 4 is 34.8 Å². The number of hydrogen-bond donors (Lipinski definition) is 2. The summed E-state index contributed by atoms with van der Waals surface area (Å²) in [6.07, 6.45) is 2.61. The number of halogens is 2. The average Bonchev–Trinajstić information content (AvgIpc) is 2.55. The normalized spacial score (nSPS) is 12.0. The first-order chi connectivity index (χ1) is 11.0. The molecule has 0 aliphatic heterocycles. The van der Waals surface area contributed by atoms with Crippen LogP contribution in [0.15, 0.2) is 42.5 Å². The van der Waals surface area contributed by atoms with Gasteiger partial charge in [-0.05, 0) is 41.8 Å². The predicted molar refractivity (Wildman–Crippen MR) is 98.0 cm³/mol. The van der Waals surface area contributed by atoms with Gasteiger partial charge in [0.1, 0.15) is 0 Å². The molecule has 5 heteroatoms. The highest BCUT2D eigenvalue weighted by molar-refractivity contribution is 6.34. The topological polar surface area (TPSA) is 55.1 Å². The lowest BCUT2D eigenvalue weighted by Crippen LogP contribution is -2.35. The van der Waals surface area contributed by atoms with Crippen molar-refractivity contribution in [1.82, 2.24) is 0 Å². The molecule has 1 amide bonds. The van der Waals surface area contributed by atoms with E-state index < -0.39 is 6.04 Å². The first kappa shape index (κ1) is 17.8. The van der Waals surface area contributed by atoms with E-state index in [-0.39, 0.29) is 5.91 Å². The van der Waals surface area contributed by atoms with Gasteiger partial charge in [-0.3, -0.25) is 4.79 Å². The Kier molecular flexibility index (Phi) is 6.46. The van der Waals surface area contributed by atoms with Crippen molar-refractivity contribution in [2.75, 3.05) is 5.32 Å². The fourth-order valence-electron chi connectivity index (χ4n) is 2.22. The van der Waals surface area contributed by atoms with Gasteiger partial charge in [0, 0.05) is 5.02 Å². The summed E-state index contributed by atoms with van der Waals surface area (Å²) in [4.78, 5) is 12.1. The molecule has 0 radical (unpaired) electrons. The Morgan fingerprint density at radius 1 is 1.13 bits per heavy atom. The van der Waals surface area contributed by atoms with E-state index >= 15 is 0 Å². The van der Waals surface area contributed by atoms with Crippen LogP contribution in [0.2, 0.25) is 10.0 Å². The van der Waals surface area contributed by atoms with Gasteiger partial charge in [0.05, 0.1) is 16.8 Å². The molecule has 1 atom stereocenters. The predicted octanol–water partition coefficient (Wildman–Crippen LogP) is 5.12. The summed E-state index contributed by atoms with van der Waals surface area (Å²) in [6.45, 7) is 2.07. The Morgan fingerprint density at radius 3 is 2.39 bits per heavy atom. The van der Waals surface area contributed by atoms with Gasteiger partial charge in [0.15, 0.2) is 0 Å². The molecule has 1 unspecified atom stereocenters. The minimum atomic E-state index is -0.512. The van der Waals surface area contributed by atoms with Gasteiger partial charge in [0.25, 0.3) is 0 Å². The molecule has 2 aromatic carbocycles. The fourth-order valence-corrected chi connectivity index (χ4v) is 2.57. The number of anilines is 1. The van der Waals surface area contributed by atoms with Gasteiger partial charge in [-0.1, -0.05) is 61.2 Å². The molecule has 0 heterocycles. The summed E-state index contributed by atoms with van der Waals surface area (Å²) in [5.74, 6) is -0.209. The third-order valence-corrected chi connectivity index (χ3v) is 4.17. The lowest BCUT2D eigenvalue weighted by molar-refractivity contribution is -0.117. The van der Waals surface area contributed by atoms with E-state index in [1.807, 2.05) is 36.4 Å². The lowest BCUT2D eigenvalue weighted by Gasteiger charge is -2.13. The third kappa shape index (κ3) is 4.96. The second-order valence-electron chi connectivity index (χ2n) is 5.44. The Hall–Kier alpha value is -1.55. The molecule has 122 valence electrons. The van der Waals surface area contributed by atoms with Crippen LogP contribution in [-0.2, 0) is 4.79 Å². The number of rotatable bonds is 6. The number of nitrogens with two attached hydrogens (primary N) is 1. The average molecular weight is 351 g/mol. The molecule has 3 nitrogen and oxygen atoms in total. The standard InChI is InChI=1S/C18H20Cl2N2O/c1-2-3-4-16(21)18(23)22-17-10-7-13(11-15(17)20)12-5-8-14(19)9-6-12/h5-11,16H,2-4,21H2,1H3,(H,22,23). The van der Waals surface area contributed by atoms with Crippen LogP contribution in [0.4, 0.5) is 5.69 Å². The molecule has 0 saturated heterocycles. The van der Waals surface area contributed by atoms with Crippen molar-refractivity contribution in [3.05, 3.63) is 52.5 Å². The zero-order valence-electron chi connectivity index (χ0n) is 13.0. The highest BCUT2D eigenvalue weighted by Gasteiger charge is 2.14. The molecule has 23 heavy (non-hydrogen) atoms. The van der Waals surface area contributed by atoms with Gasteiger partial charge < -0.3 is 11.1 Å². The first-order valence-corrected chi connectivity index (χ1v) is 8.38. The van der Waals surface area contributed by atoms with Gasteiger partial charge in [-0.2, -0.15) is 0 Å². The lowest BCUT2D eigenvalue weighted by atomic mass is 10.1. The van der Waals surface area contributed by atoms with E-state index in [4.69, 9.17) is 28.9 Å². The molecule has 0 bridgehead atoms. The van der Waals surface area contributed by atoms with Crippen LogP contribution in [0.5, 0.6) is 0 Å². The number of nitrogens with one attached hydrogen (secondary N) is 1. The van der Waals surface area contributed by atoms with E-state index in [2.05, 4.69) is 12.2 Å². The zero-order chi connectivity index (χ0) is 16.8. The van der Waals surface area contributed by atoms with Crippen LogP contribution in [-0.4, -0.2) is 11.9 Å². The second kappa shape index (κ2) is 8.34. The summed E-state index contributed by atoms with van der Waals surface area (Å²) in [5.41, 5.74) is 8.41. The maximum absolute atomic E-state index is 12.1. The van der Waals surface area contributed by atoms with Crippen molar-refractivity contribution in [3.8, 4) is 11.1 Å². The first-order valence-electron chi connectivity index (χ1n) is 7.63. The molecule has 2 aromatic rings. The zero-order valence-corrected chi connectivity index (χ0v) is 14.5. The molecule has 0 aliphatic carbocycles. The summed E-state index contributed by atoms with van der Waals surface area (Å²) in [5, 5.41) is 3.95. The number of unbranched alkanes of at least 4 members (excludes halogenated alkanes) is 1. The van der Waals surface area contributed by atoms with Gasteiger partial charge in [-0.15, -0.1) is 0 Å². The van der Waals surface area contributed by atoms with E-state index in [1.165, 1.54) is 0 Å². The smallest absolute Gasteiger partial charge is 0.241 e. The van der Waals surface area contributed by atoms with Crippen molar-refractivity contribution < 1.29 is 4.79 Å². The van der Waals surface area contributed by atoms with Crippen molar-refractivity contribution in [2.24, 2.45) is 5.73 Å². The quantitative estimate of drug-likeness (QED) is 0.759. The Morgan fingerprint density at radius 2 is 1.78 bits per heavy atom. The maximum Gasteiger partial charge on any atom is 0.241 e. The largest absolute Gasteiger partial charge is 0.323 e. The van der Waals surface area contributed by atoms with Crippen molar-refractivity contribution in [1.29, 1.82) is 0 Å². The summed E-state index contributed by atoms with van der Waals surface area (Å²) in [7, 11) is 0. The number of amides is 1. The molecular formula is C18H20Cl2N2O.